The van der Waals surface area contributed by atoms with E-state index in [1.54, 1.807) is 11.6 Å². The summed E-state index contributed by atoms with van der Waals surface area (Å²) in [6, 6.07) is 0. The van der Waals surface area contributed by atoms with Crippen molar-refractivity contribution in [3.8, 4) is 0 Å². The van der Waals surface area contributed by atoms with E-state index in [-0.39, 0.29) is 11.9 Å². The topological polar surface area (TPSA) is 92.7 Å². The van der Waals surface area contributed by atoms with Crippen LogP contribution in [0.3, 0.4) is 0 Å². The molecular formula is C11H14N4O3S. The van der Waals surface area contributed by atoms with E-state index in [0.29, 0.717) is 23.2 Å². The van der Waals surface area contributed by atoms with Gasteiger partial charge < -0.3 is 20.5 Å². The third kappa shape index (κ3) is 2.28. The van der Waals surface area contributed by atoms with Gasteiger partial charge in [-0.1, -0.05) is 11.3 Å². The van der Waals surface area contributed by atoms with Gasteiger partial charge in [-0.2, -0.15) is 9.38 Å². The normalized spacial score (nSPS) is 23.0. The summed E-state index contributed by atoms with van der Waals surface area (Å²) in [5, 5.41) is 25.4. The van der Waals surface area contributed by atoms with Crippen molar-refractivity contribution >= 4 is 27.9 Å². The molecule has 0 aromatic carbocycles. The number of nitro groups is 1. The van der Waals surface area contributed by atoms with Gasteiger partial charge in [0.05, 0.1) is 6.10 Å². The summed E-state index contributed by atoms with van der Waals surface area (Å²) in [7, 11) is 0. The maximum absolute atomic E-state index is 11.1. The number of rotatable bonds is 4. The number of aliphatic hydroxyl groups is 1. The predicted molar refractivity (Wildman–Crippen MR) is 71.6 cm³/mol. The lowest BCUT2D eigenvalue weighted by Gasteiger charge is -2.09. The molecule has 2 unspecified atom stereocenters. The smallest absolute Gasteiger partial charge is 0.372 e. The van der Waals surface area contributed by atoms with Gasteiger partial charge in [-0.05, 0) is 30.1 Å². The lowest BCUT2D eigenvalue weighted by atomic mass is 10.1. The summed E-state index contributed by atoms with van der Waals surface area (Å²) in [4.78, 5) is 15.5. The van der Waals surface area contributed by atoms with Crippen molar-refractivity contribution in [2.75, 3.05) is 11.9 Å². The SMILES string of the molecule is O=[N+]([O-])c1c(NCC2CCC(O)C2)nc2sccn12. The summed E-state index contributed by atoms with van der Waals surface area (Å²) in [6.07, 6.45) is 3.93. The van der Waals surface area contributed by atoms with Gasteiger partial charge in [-0.15, -0.1) is 0 Å². The van der Waals surface area contributed by atoms with Crippen molar-refractivity contribution in [1.82, 2.24) is 9.38 Å². The Morgan fingerprint density at radius 3 is 3.16 bits per heavy atom. The number of hydrogen-bond acceptors (Lipinski definition) is 6. The first-order valence-corrected chi connectivity index (χ1v) is 7.05. The number of aliphatic hydroxyl groups excluding tert-OH is 1. The number of fused-ring (bicyclic) bond motifs is 1. The van der Waals surface area contributed by atoms with E-state index >= 15 is 0 Å². The number of nitrogens with zero attached hydrogens (tertiary/aromatic N) is 3. The molecule has 19 heavy (non-hydrogen) atoms. The second-order valence-corrected chi connectivity index (χ2v) is 5.68. The first kappa shape index (κ1) is 12.4. The van der Waals surface area contributed by atoms with Crippen LogP contribution in [0.1, 0.15) is 19.3 Å². The Morgan fingerprint density at radius 1 is 1.63 bits per heavy atom. The Labute approximate surface area is 113 Å². The van der Waals surface area contributed by atoms with Crippen LogP contribution >= 0.6 is 11.3 Å². The van der Waals surface area contributed by atoms with Gasteiger partial charge >= 0.3 is 5.82 Å². The third-order valence-corrected chi connectivity index (χ3v) is 4.24. The van der Waals surface area contributed by atoms with Gasteiger partial charge in [0.25, 0.3) is 4.96 Å². The van der Waals surface area contributed by atoms with Crippen molar-refractivity contribution in [2.24, 2.45) is 5.92 Å². The van der Waals surface area contributed by atoms with Crippen LogP contribution in [0.5, 0.6) is 0 Å². The van der Waals surface area contributed by atoms with Crippen LogP contribution in [-0.4, -0.2) is 32.1 Å². The van der Waals surface area contributed by atoms with Gasteiger partial charge in [0.15, 0.2) is 0 Å². The van der Waals surface area contributed by atoms with Crippen LogP contribution in [-0.2, 0) is 0 Å². The minimum absolute atomic E-state index is 0.0187. The largest absolute Gasteiger partial charge is 0.393 e. The minimum Gasteiger partial charge on any atom is -0.393 e. The maximum atomic E-state index is 11.1. The average Bonchev–Trinajstić information content (AvgIpc) is 3.00. The molecule has 1 aliphatic rings. The fourth-order valence-electron chi connectivity index (χ4n) is 2.54. The Bertz CT molecular complexity index is 608. The molecule has 0 radical (unpaired) electrons. The molecule has 2 N–H and O–H groups in total. The highest BCUT2D eigenvalue weighted by atomic mass is 32.1. The second kappa shape index (κ2) is 4.78. The lowest BCUT2D eigenvalue weighted by Crippen LogP contribution is -2.13. The Balaban J connectivity index is 1.78. The van der Waals surface area contributed by atoms with Crippen LogP contribution in [0.4, 0.5) is 11.6 Å². The number of imidazole rings is 1. The van der Waals surface area contributed by atoms with Crippen molar-refractivity contribution < 1.29 is 10.0 Å². The number of thiazole rings is 1. The predicted octanol–water partition coefficient (Wildman–Crippen LogP) is 1.88. The third-order valence-electron chi connectivity index (χ3n) is 3.48. The van der Waals surface area contributed by atoms with E-state index in [1.807, 2.05) is 0 Å². The molecule has 2 heterocycles. The highest BCUT2D eigenvalue weighted by molar-refractivity contribution is 7.15. The Kier molecular flexibility index (Phi) is 3.11. The van der Waals surface area contributed by atoms with Gasteiger partial charge in [0.1, 0.15) is 6.20 Å². The van der Waals surface area contributed by atoms with Crippen LogP contribution in [0.25, 0.3) is 4.96 Å². The molecule has 102 valence electrons. The van der Waals surface area contributed by atoms with Crippen molar-refractivity contribution in [2.45, 2.75) is 25.4 Å². The molecule has 8 heteroatoms. The van der Waals surface area contributed by atoms with Gasteiger partial charge in [0.2, 0.25) is 5.82 Å². The molecule has 2 aromatic rings. The summed E-state index contributed by atoms with van der Waals surface area (Å²) in [5.41, 5.74) is 0. The quantitative estimate of drug-likeness (QED) is 0.659. The zero-order chi connectivity index (χ0) is 13.4. The van der Waals surface area contributed by atoms with Crippen LogP contribution in [0.2, 0.25) is 0 Å². The highest BCUT2D eigenvalue weighted by Gasteiger charge is 2.26. The first-order chi connectivity index (χ1) is 9.15. The highest BCUT2D eigenvalue weighted by Crippen LogP contribution is 2.30. The number of aromatic nitrogens is 2. The molecule has 1 aliphatic carbocycles. The van der Waals surface area contributed by atoms with Crippen LogP contribution in [0, 0.1) is 16.0 Å². The average molecular weight is 282 g/mol. The van der Waals surface area contributed by atoms with E-state index in [9.17, 15) is 15.2 Å². The van der Waals surface area contributed by atoms with E-state index < -0.39 is 4.92 Å². The molecule has 0 spiro atoms. The maximum Gasteiger partial charge on any atom is 0.372 e. The standard InChI is InChI=1S/C11H14N4O3S/c16-8-2-1-7(5-8)6-12-9-10(15(17)18)14-3-4-19-11(14)13-9/h3-4,7-8,12,16H,1-2,5-6H2. The number of nitrogens with one attached hydrogen (secondary N) is 1. The minimum atomic E-state index is -0.418. The van der Waals surface area contributed by atoms with E-state index in [4.69, 9.17) is 0 Å². The molecule has 0 bridgehead atoms. The molecule has 0 amide bonds. The summed E-state index contributed by atoms with van der Waals surface area (Å²) < 4.78 is 1.48. The van der Waals surface area contributed by atoms with Gasteiger partial charge in [-0.25, -0.2) is 0 Å². The summed E-state index contributed by atoms with van der Waals surface area (Å²) in [6.45, 7) is 0.614. The number of anilines is 1. The zero-order valence-corrected chi connectivity index (χ0v) is 11.0. The monoisotopic (exact) mass is 282 g/mol. The first-order valence-electron chi connectivity index (χ1n) is 6.17. The summed E-state index contributed by atoms with van der Waals surface area (Å²) >= 11 is 1.37. The van der Waals surface area contributed by atoms with Crippen molar-refractivity contribution in [3.05, 3.63) is 21.7 Å². The molecule has 2 atom stereocenters. The molecule has 3 rings (SSSR count). The van der Waals surface area contributed by atoms with Crippen molar-refractivity contribution in [3.63, 3.8) is 0 Å². The fraction of sp³-hybridized carbons (Fsp3) is 0.545. The van der Waals surface area contributed by atoms with E-state index in [1.165, 1.54) is 15.7 Å². The Hall–Kier alpha value is -1.67. The molecular weight excluding hydrogens is 268 g/mol. The second-order valence-electron chi connectivity index (χ2n) is 4.81. The van der Waals surface area contributed by atoms with Crippen LogP contribution < -0.4 is 5.32 Å². The van der Waals surface area contributed by atoms with Crippen LogP contribution in [0.15, 0.2) is 11.6 Å². The Morgan fingerprint density at radius 2 is 2.47 bits per heavy atom. The molecule has 2 aromatic heterocycles. The molecule has 1 fully saturated rings. The molecule has 0 saturated heterocycles. The fourth-order valence-corrected chi connectivity index (χ4v) is 3.25. The van der Waals surface area contributed by atoms with Crippen molar-refractivity contribution in [1.29, 1.82) is 0 Å². The molecule has 7 nitrogen and oxygen atoms in total. The van der Waals surface area contributed by atoms with E-state index in [0.717, 1.165) is 19.3 Å². The molecule has 1 saturated carbocycles. The van der Waals surface area contributed by atoms with E-state index in [2.05, 4.69) is 10.3 Å². The number of hydrogen-bond donors (Lipinski definition) is 2. The molecule has 0 aliphatic heterocycles. The summed E-state index contributed by atoms with van der Waals surface area (Å²) in [5.74, 6) is 0.655. The van der Waals surface area contributed by atoms with Gasteiger partial charge in [-0.3, -0.25) is 0 Å². The van der Waals surface area contributed by atoms with Gasteiger partial charge in [0, 0.05) is 11.9 Å². The zero-order valence-electron chi connectivity index (χ0n) is 10.2. The lowest BCUT2D eigenvalue weighted by molar-refractivity contribution is -0.389.